The fraction of sp³-hybridized carbons (Fsp3) is 1.00. The topological polar surface area (TPSA) is 21.3 Å². The summed E-state index contributed by atoms with van der Waals surface area (Å²) in [5.74, 6) is 0. The van der Waals surface area contributed by atoms with Gasteiger partial charge in [0.05, 0.1) is 6.10 Å². The van der Waals surface area contributed by atoms with Crippen molar-refractivity contribution in [1.82, 2.24) is 5.32 Å². The maximum absolute atomic E-state index is 5.73. The standard InChI is InChI=1S/C12H25NO/c1-4-10(5-2)13-11(6-3)12-8-7-9-14-12/h10-13H,4-9H2,1-3H3. The Hall–Kier alpha value is -0.0800. The third-order valence-electron chi connectivity index (χ3n) is 3.29. The molecule has 0 radical (unpaired) electrons. The SMILES string of the molecule is CCC(CC)NC(CC)C1CCCO1. The van der Waals surface area contributed by atoms with E-state index in [1.54, 1.807) is 0 Å². The second-order valence-corrected chi connectivity index (χ2v) is 4.25. The summed E-state index contributed by atoms with van der Waals surface area (Å²) in [6.45, 7) is 7.72. The highest BCUT2D eigenvalue weighted by atomic mass is 16.5. The molecule has 1 fully saturated rings. The Morgan fingerprint density at radius 2 is 1.93 bits per heavy atom. The predicted molar refractivity (Wildman–Crippen MR) is 60.6 cm³/mol. The molecule has 1 aliphatic rings. The van der Waals surface area contributed by atoms with E-state index < -0.39 is 0 Å². The largest absolute Gasteiger partial charge is 0.377 e. The number of ether oxygens (including phenoxy) is 1. The van der Waals surface area contributed by atoms with Crippen LogP contribution in [0.4, 0.5) is 0 Å². The van der Waals surface area contributed by atoms with Crippen molar-refractivity contribution in [3.8, 4) is 0 Å². The molecule has 2 heteroatoms. The van der Waals surface area contributed by atoms with Gasteiger partial charge in [-0.15, -0.1) is 0 Å². The first-order chi connectivity index (χ1) is 6.81. The molecule has 0 spiro atoms. The average Bonchev–Trinajstić information content (AvgIpc) is 2.73. The minimum atomic E-state index is 0.473. The van der Waals surface area contributed by atoms with E-state index in [1.165, 1.54) is 32.1 Å². The van der Waals surface area contributed by atoms with E-state index in [0.717, 1.165) is 6.61 Å². The van der Waals surface area contributed by atoms with Crippen LogP contribution in [-0.4, -0.2) is 24.8 Å². The lowest BCUT2D eigenvalue weighted by Gasteiger charge is -2.27. The average molecular weight is 199 g/mol. The molecule has 0 aromatic heterocycles. The third-order valence-corrected chi connectivity index (χ3v) is 3.29. The molecule has 2 atom stereocenters. The van der Waals surface area contributed by atoms with Crippen molar-refractivity contribution in [3.63, 3.8) is 0 Å². The Labute approximate surface area is 88.4 Å². The number of nitrogens with one attached hydrogen (secondary N) is 1. The van der Waals surface area contributed by atoms with Crippen LogP contribution in [0.5, 0.6) is 0 Å². The Bertz CT molecular complexity index is 139. The van der Waals surface area contributed by atoms with Crippen LogP contribution in [0.3, 0.4) is 0 Å². The summed E-state index contributed by atoms with van der Waals surface area (Å²) in [6, 6.07) is 1.24. The van der Waals surface area contributed by atoms with E-state index in [4.69, 9.17) is 4.74 Å². The maximum atomic E-state index is 5.73. The van der Waals surface area contributed by atoms with Crippen molar-refractivity contribution in [2.45, 2.75) is 71.1 Å². The lowest BCUT2D eigenvalue weighted by atomic mass is 10.0. The zero-order valence-corrected chi connectivity index (χ0v) is 9.88. The van der Waals surface area contributed by atoms with Crippen molar-refractivity contribution in [2.24, 2.45) is 0 Å². The molecule has 84 valence electrons. The van der Waals surface area contributed by atoms with Crippen LogP contribution in [0.25, 0.3) is 0 Å². The van der Waals surface area contributed by atoms with Gasteiger partial charge in [0.1, 0.15) is 0 Å². The van der Waals surface area contributed by atoms with Crippen molar-refractivity contribution in [2.75, 3.05) is 6.61 Å². The molecule has 0 aliphatic carbocycles. The first-order valence-electron chi connectivity index (χ1n) is 6.19. The van der Waals surface area contributed by atoms with Crippen LogP contribution in [0.2, 0.25) is 0 Å². The summed E-state index contributed by atoms with van der Waals surface area (Å²) >= 11 is 0. The normalized spacial score (nSPS) is 24.4. The molecule has 2 unspecified atom stereocenters. The van der Waals surface area contributed by atoms with E-state index in [0.29, 0.717) is 18.2 Å². The maximum Gasteiger partial charge on any atom is 0.0728 e. The van der Waals surface area contributed by atoms with Crippen LogP contribution in [0.15, 0.2) is 0 Å². The van der Waals surface area contributed by atoms with Crippen LogP contribution in [0.1, 0.15) is 52.9 Å². The Kier molecular flexibility index (Phi) is 5.49. The molecule has 1 rings (SSSR count). The van der Waals surface area contributed by atoms with Gasteiger partial charge in [-0.1, -0.05) is 20.8 Å². The highest BCUT2D eigenvalue weighted by molar-refractivity contribution is 4.81. The van der Waals surface area contributed by atoms with E-state index in [-0.39, 0.29) is 0 Å². The van der Waals surface area contributed by atoms with Crippen molar-refractivity contribution < 1.29 is 4.74 Å². The molecule has 14 heavy (non-hydrogen) atoms. The fourth-order valence-corrected chi connectivity index (χ4v) is 2.24. The van der Waals surface area contributed by atoms with Gasteiger partial charge >= 0.3 is 0 Å². The summed E-state index contributed by atoms with van der Waals surface area (Å²) in [4.78, 5) is 0. The zero-order valence-electron chi connectivity index (χ0n) is 9.88. The van der Waals surface area contributed by atoms with Crippen LogP contribution in [-0.2, 0) is 4.74 Å². The summed E-state index contributed by atoms with van der Waals surface area (Å²) in [5.41, 5.74) is 0. The van der Waals surface area contributed by atoms with Gasteiger partial charge in [-0.25, -0.2) is 0 Å². The second kappa shape index (κ2) is 6.41. The van der Waals surface area contributed by atoms with Gasteiger partial charge in [0.25, 0.3) is 0 Å². The van der Waals surface area contributed by atoms with Gasteiger partial charge < -0.3 is 10.1 Å². The lowest BCUT2D eigenvalue weighted by Crippen LogP contribution is -2.44. The van der Waals surface area contributed by atoms with Crippen LogP contribution >= 0.6 is 0 Å². The molecular formula is C12H25NO. The molecule has 1 heterocycles. The summed E-state index contributed by atoms with van der Waals surface area (Å²) in [7, 11) is 0. The van der Waals surface area contributed by atoms with Gasteiger partial charge in [-0.2, -0.15) is 0 Å². The summed E-state index contributed by atoms with van der Waals surface area (Å²) in [5, 5.41) is 3.72. The third kappa shape index (κ3) is 3.25. The molecule has 0 aromatic carbocycles. The van der Waals surface area contributed by atoms with Crippen LogP contribution < -0.4 is 5.32 Å². The molecule has 0 saturated carbocycles. The quantitative estimate of drug-likeness (QED) is 0.710. The van der Waals surface area contributed by atoms with E-state index in [1.807, 2.05) is 0 Å². The molecule has 1 aliphatic heterocycles. The number of hydrogen-bond donors (Lipinski definition) is 1. The monoisotopic (exact) mass is 199 g/mol. The van der Waals surface area contributed by atoms with Gasteiger partial charge in [-0.3, -0.25) is 0 Å². The predicted octanol–water partition coefficient (Wildman–Crippen LogP) is 2.72. The second-order valence-electron chi connectivity index (χ2n) is 4.25. The molecule has 1 N–H and O–H groups in total. The molecule has 0 bridgehead atoms. The van der Waals surface area contributed by atoms with Crippen molar-refractivity contribution >= 4 is 0 Å². The minimum Gasteiger partial charge on any atom is -0.377 e. The Morgan fingerprint density at radius 1 is 1.21 bits per heavy atom. The van der Waals surface area contributed by atoms with Gasteiger partial charge in [0.15, 0.2) is 0 Å². The fourth-order valence-electron chi connectivity index (χ4n) is 2.24. The molecule has 1 saturated heterocycles. The first-order valence-corrected chi connectivity index (χ1v) is 6.19. The lowest BCUT2D eigenvalue weighted by molar-refractivity contribution is 0.0723. The van der Waals surface area contributed by atoms with E-state index in [2.05, 4.69) is 26.1 Å². The van der Waals surface area contributed by atoms with Gasteiger partial charge in [0.2, 0.25) is 0 Å². The van der Waals surface area contributed by atoms with Gasteiger partial charge in [-0.05, 0) is 32.1 Å². The molecular weight excluding hydrogens is 174 g/mol. The van der Waals surface area contributed by atoms with E-state index >= 15 is 0 Å². The number of rotatable bonds is 6. The summed E-state index contributed by atoms with van der Waals surface area (Å²) < 4.78 is 5.73. The van der Waals surface area contributed by atoms with E-state index in [9.17, 15) is 0 Å². The van der Waals surface area contributed by atoms with Crippen molar-refractivity contribution in [1.29, 1.82) is 0 Å². The highest BCUT2D eigenvalue weighted by Gasteiger charge is 2.25. The number of hydrogen-bond acceptors (Lipinski definition) is 2. The summed E-state index contributed by atoms with van der Waals surface area (Å²) in [6.07, 6.45) is 6.58. The Balaban J connectivity index is 2.36. The van der Waals surface area contributed by atoms with Crippen LogP contribution in [0, 0.1) is 0 Å². The zero-order chi connectivity index (χ0) is 10.4. The minimum absolute atomic E-state index is 0.473. The molecule has 0 aromatic rings. The van der Waals surface area contributed by atoms with Crippen molar-refractivity contribution in [3.05, 3.63) is 0 Å². The molecule has 2 nitrogen and oxygen atoms in total. The highest BCUT2D eigenvalue weighted by Crippen LogP contribution is 2.18. The molecule has 0 amide bonds. The smallest absolute Gasteiger partial charge is 0.0728 e. The van der Waals surface area contributed by atoms with Gasteiger partial charge in [0, 0.05) is 18.7 Å². The first kappa shape index (κ1) is 12.0. The Morgan fingerprint density at radius 3 is 2.36 bits per heavy atom.